The molecular formula is C39H51FN8O4. The van der Waals surface area contributed by atoms with Crippen LogP contribution in [0.4, 0.5) is 4.39 Å². The Morgan fingerprint density at radius 1 is 0.769 bits per heavy atom. The quantitative estimate of drug-likeness (QED) is 0.185. The zero-order valence-electron chi connectivity index (χ0n) is 30.4. The Hall–Kier alpha value is -4.49. The van der Waals surface area contributed by atoms with Crippen LogP contribution in [0.25, 0.3) is 22.8 Å². The molecule has 3 fully saturated rings. The summed E-state index contributed by atoms with van der Waals surface area (Å²) in [4.78, 5) is 37.9. The summed E-state index contributed by atoms with van der Waals surface area (Å²) in [6, 6.07) is 14.4. The van der Waals surface area contributed by atoms with Crippen LogP contribution in [-0.4, -0.2) is 86.3 Å². The maximum atomic E-state index is 13.5. The zero-order valence-corrected chi connectivity index (χ0v) is 30.4. The molecule has 0 spiro atoms. The number of nitrogens with two attached hydrogens (primary N) is 2. The number of hydrogen-bond donors (Lipinski definition) is 2. The van der Waals surface area contributed by atoms with Crippen LogP contribution in [0.1, 0.15) is 93.0 Å². The number of rotatable bonds is 12. The highest BCUT2D eigenvalue weighted by Gasteiger charge is 2.39. The molecule has 2 saturated heterocycles. The molecule has 4 heterocycles. The van der Waals surface area contributed by atoms with Gasteiger partial charge in [0.25, 0.3) is 0 Å². The number of alkyl halides is 1. The Morgan fingerprint density at radius 3 is 1.75 bits per heavy atom. The van der Waals surface area contributed by atoms with Crippen molar-refractivity contribution in [2.24, 2.45) is 17.4 Å². The molecule has 5 atom stereocenters. The van der Waals surface area contributed by atoms with E-state index in [9.17, 15) is 14.0 Å². The largest absolute Gasteiger partial charge is 0.341 e. The molecule has 2 aromatic heterocycles. The Balaban J connectivity index is 0.000000179. The van der Waals surface area contributed by atoms with Gasteiger partial charge in [-0.15, -0.1) is 0 Å². The number of nitrogens with zero attached hydrogens (tertiary/aromatic N) is 6. The van der Waals surface area contributed by atoms with Gasteiger partial charge in [0.1, 0.15) is 6.17 Å². The maximum Gasteiger partial charge on any atom is 0.240 e. The van der Waals surface area contributed by atoms with Gasteiger partial charge in [0.05, 0.1) is 30.5 Å². The van der Waals surface area contributed by atoms with Crippen LogP contribution >= 0.6 is 0 Å². The lowest BCUT2D eigenvalue weighted by Gasteiger charge is -2.25. The number of benzene rings is 2. The standard InChI is InChI=1S/C20H25FN4O2.C19H26N4O2/c1-12-2-6-14(7-3-12)18-23-19(27-24-18)16(10-13-4-5-13)17(22)20(26)25-9-8-15(21)11-25;1-3-6-15(16(20)19(24)23-11-4-5-12-23)18-21-17(22-25-18)14-9-7-13(2)8-10-14/h2-3,6-7,13,15-17H,4-5,8-11,22H2,1H3;7-10,15-16H,3-6,11-12,20H2,1-2H3/t15-,16-,17-;15-,16-/m00/s1. The molecule has 278 valence electrons. The molecule has 4 N–H and O–H groups in total. The van der Waals surface area contributed by atoms with E-state index in [1.54, 1.807) is 0 Å². The van der Waals surface area contributed by atoms with E-state index in [1.165, 1.54) is 10.5 Å². The molecule has 7 rings (SSSR count). The summed E-state index contributed by atoms with van der Waals surface area (Å²) in [5.41, 5.74) is 16.7. The van der Waals surface area contributed by atoms with Crippen molar-refractivity contribution in [2.75, 3.05) is 26.2 Å². The number of carbonyl (C=O) groups is 2. The second-order valence-corrected chi connectivity index (χ2v) is 14.6. The van der Waals surface area contributed by atoms with Gasteiger partial charge in [0, 0.05) is 30.8 Å². The molecule has 0 bridgehead atoms. The van der Waals surface area contributed by atoms with Crippen molar-refractivity contribution >= 4 is 11.8 Å². The van der Waals surface area contributed by atoms with Crippen molar-refractivity contribution < 1.29 is 23.0 Å². The summed E-state index contributed by atoms with van der Waals surface area (Å²) in [6.45, 7) is 8.25. The fraction of sp³-hybridized carbons (Fsp3) is 0.538. The van der Waals surface area contributed by atoms with Crippen molar-refractivity contribution in [1.82, 2.24) is 30.1 Å². The Bertz CT molecular complexity index is 1770. The van der Waals surface area contributed by atoms with Crippen molar-refractivity contribution in [2.45, 2.75) is 102 Å². The number of carbonyl (C=O) groups excluding carboxylic acids is 2. The van der Waals surface area contributed by atoms with Gasteiger partial charge >= 0.3 is 0 Å². The van der Waals surface area contributed by atoms with E-state index in [2.05, 4.69) is 27.2 Å². The van der Waals surface area contributed by atoms with E-state index in [4.69, 9.17) is 20.5 Å². The van der Waals surface area contributed by atoms with E-state index >= 15 is 0 Å². The molecule has 0 radical (unpaired) electrons. The predicted molar refractivity (Wildman–Crippen MR) is 195 cm³/mol. The van der Waals surface area contributed by atoms with Crippen molar-refractivity contribution in [3.05, 3.63) is 71.4 Å². The van der Waals surface area contributed by atoms with Crippen LogP contribution in [0.2, 0.25) is 0 Å². The fourth-order valence-corrected chi connectivity index (χ4v) is 6.91. The van der Waals surface area contributed by atoms with Gasteiger partial charge in [-0.25, -0.2) is 4.39 Å². The summed E-state index contributed by atoms with van der Waals surface area (Å²) < 4.78 is 24.5. The normalized spacial score (nSPS) is 19.5. The summed E-state index contributed by atoms with van der Waals surface area (Å²) in [7, 11) is 0. The highest BCUT2D eigenvalue weighted by molar-refractivity contribution is 5.83. The topological polar surface area (TPSA) is 170 Å². The molecular weight excluding hydrogens is 663 g/mol. The van der Waals surface area contributed by atoms with Gasteiger partial charge in [0.15, 0.2) is 0 Å². The molecule has 52 heavy (non-hydrogen) atoms. The van der Waals surface area contributed by atoms with Gasteiger partial charge < -0.3 is 30.3 Å². The maximum absolute atomic E-state index is 13.5. The van der Waals surface area contributed by atoms with Gasteiger partial charge in [-0.3, -0.25) is 9.59 Å². The third kappa shape index (κ3) is 9.11. The first-order chi connectivity index (χ1) is 25.1. The third-order valence-corrected chi connectivity index (χ3v) is 10.3. The van der Waals surface area contributed by atoms with E-state index < -0.39 is 18.3 Å². The number of hydrogen-bond acceptors (Lipinski definition) is 10. The lowest BCUT2D eigenvalue weighted by molar-refractivity contribution is -0.133. The lowest BCUT2D eigenvalue weighted by Crippen LogP contribution is -2.46. The molecule has 4 aromatic rings. The minimum absolute atomic E-state index is 0.00830. The van der Waals surface area contributed by atoms with Crippen molar-refractivity contribution in [3.63, 3.8) is 0 Å². The molecule has 12 nitrogen and oxygen atoms in total. The number of amides is 2. The molecule has 2 amide bonds. The molecule has 2 aromatic carbocycles. The monoisotopic (exact) mass is 714 g/mol. The van der Waals surface area contributed by atoms with Crippen molar-refractivity contribution in [3.8, 4) is 22.8 Å². The summed E-state index contributed by atoms with van der Waals surface area (Å²) in [5.74, 6) is 1.61. The number of aromatic nitrogens is 4. The Kier molecular flexibility index (Phi) is 12.1. The predicted octanol–water partition coefficient (Wildman–Crippen LogP) is 5.70. The highest BCUT2D eigenvalue weighted by atomic mass is 19.1. The Morgan fingerprint density at radius 2 is 1.27 bits per heavy atom. The molecule has 1 aliphatic carbocycles. The number of likely N-dealkylation sites (tertiary alicyclic amines) is 2. The average Bonchev–Trinajstić information content (AvgIpc) is 3.67. The molecule has 3 aliphatic rings. The zero-order chi connectivity index (χ0) is 36.8. The number of aryl methyl sites for hydroxylation is 2. The SMILES string of the molecule is CCC[C@H](c1nc(-c2ccc(C)cc2)no1)[C@H](N)C(=O)N1CCCC1.Cc1ccc(-c2noc([C@@H](CC3CC3)[C@H](N)C(=O)N3CC[C@H](F)C3)n2)cc1. The second kappa shape index (κ2) is 16.9. The molecule has 2 aliphatic heterocycles. The first-order valence-corrected chi connectivity index (χ1v) is 18.6. The minimum Gasteiger partial charge on any atom is -0.341 e. The fourth-order valence-electron chi connectivity index (χ4n) is 6.91. The smallest absolute Gasteiger partial charge is 0.240 e. The summed E-state index contributed by atoms with van der Waals surface area (Å²) in [5, 5.41) is 8.18. The summed E-state index contributed by atoms with van der Waals surface area (Å²) in [6.07, 6.45) is 6.17. The van der Waals surface area contributed by atoms with E-state index in [0.29, 0.717) is 42.3 Å². The van der Waals surface area contributed by atoms with E-state index in [1.807, 2.05) is 67.3 Å². The summed E-state index contributed by atoms with van der Waals surface area (Å²) >= 11 is 0. The highest BCUT2D eigenvalue weighted by Crippen LogP contribution is 2.40. The Labute approximate surface area is 304 Å². The average molecular weight is 715 g/mol. The van der Waals surface area contributed by atoms with Crippen LogP contribution in [0.15, 0.2) is 57.6 Å². The van der Waals surface area contributed by atoms with Gasteiger partial charge in [0.2, 0.25) is 35.2 Å². The van der Waals surface area contributed by atoms with E-state index in [0.717, 1.165) is 74.7 Å². The van der Waals surface area contributed by atoms with Crippen LogP contribution in [0.5, 0.6) is 0 Å². The van der Waals surface area contributed by atoms with Gasteiger partial charge in [-0.05, 0) is 51.9 Å². The van der Waals surface area contributed by atoms with Gasteiger partial charge in [-0.1, -0.05) is 96.2 Å². The molecule has 0 unspecified atom stereocenters. The van der Waals surface area contributed by atoms with Crippen LogP contribution < -0.4 is 11.5 Å². The molecule has 1 saturated carbocycles. The first-order valence-electron chi connectivity index (χ1n) is 18.6. The third-order valence-electron chi connectivity index (χ3n) is 10.3. The van der Waals surface area contributed by atoms with Crippen molar-refractivity contribution in [1.29, 1.82) is 0 Å². The number of halogens is 1. The lowest BCUT2D eigenvalue weighted by atomic mass is 9.93. The minimum atomic E-state index is -0.959. The first kappa shape index (κ1) is 37.3. The molecule has 13 heteroatoms. The van der Waals surface area contributed by atoms with Crippen LogP contribution in [0, 0.1) is 19.8 Å². The van der Waals surface area contributed by atoms with Gasteiger partial charge in [-0.2, -0.15) is 9.97 Å². The second-order valence-electron chi connectivity index (χ2n) is 14.6. The van der Waals surface area contributed by atoms with Crippen LogP contribution in [0.3, 0.4) is 0 Å². The van der Waals surface area contributed by atoms with Crippen LogP contribution in [-0.2, 0) is 9.59 Å². The van der Waals surface area contributed by atoms with E-state index in [-0.39, 0.29) is 30.2 Å².